The number of nitrogens with zero attached hydrogens (tertiary/aromatic N) is 3. The van der Waals surface area contributed by atoms with Gasteiger partial charge in [-0.1, -0.05) is 35.8 Å². The van der Waals surface area contributed by atoms with Gasteiger partial charge in [0, 0.05) is 23.7 Å². The van der Waals surface area contributed by atoms with Crippen LogP contribution in [-0.2, 0) is 26.1 Å². The quantitative estimate of drug-likeness (QED) is 0.475. The lowest BCUT2D eigenvalue weighted by Gasteiger charge is -2.19. The maximum Gasteiger partial charge on any atom is 0.325 e. The summed E-state index contributed by atoms with van der Waals surface area (Å²) in [6, 6.07) is 11.0. The number of hydrogen-bond donors (Lipinski definition) is 0. The number of sulfonamides is 1. The van der Waals surface area contributed by atoms with Crippen LogP contribution in [0.25, 0.3) is 10.2 Å². The van der Waals surface area contributed by atoms with Crippen molar-refractivity contribution in [1.29, 1.82) is 0 Å². The second kappa shape index (κ2) is 10.4. The highest BCUT2D eigenvalue weighted by molar-refractivity contribution is 7.89. The van der Waals surface area contributed by atoms with Gasteiger partial charge in [0.15, 0.2) is 4.80 Å². The summed E-state index contributed by atoms with van der Waals surface area (Å²) in [5.41, 5.74) is 0.945. The van der Waals surface area contributed by atoms with E-state index in [-0.39, 0.29) is 17.0 Å². The first-order valence-electron chi connectivity index (χ1n) is 10.8. The summed E-state index contributed by atoms with van der Waals surface area (Å²) in [5.74, 6) is -1.03. The van der Waals surface area contributed by atoms with E-state index in [2.05, 4.69) is 4.99 Å². The van der Waals surface area contributed by atoms with Crippen molar-refractivity contribution < 1.29 is 22.7 Å². The summed E-state index contributed by atoms with van der Waals surface area (Å²) in [5, 5.41) is 0.526. The second-order valence-electron chi connectivity index (χ2n) is 7.92. The van der Waals surface area contributed by atoms with Gasteiger partial charge in [-0.3, -0.25) is 9.59 Å². The number of aromatic nitrogens is 1. The highest BCUT2D eigenvalue weighted by atomic mass is 35.5. The predicted molar refractivity (Wildman–Crippen MR) is 130 cm³/mol. The molecule has 1 aliphatic heterocycles. The average Bonchev–Trinajstić information content (AvgIpc) is 2.99. The van der Waals surface area contributed by atoms with Crippen LogP contribution in [0, 0.1) is 0 Å². The summed E-state index contributed by atoms with van der Waals surface area (Å²) >= 11 is 7.31. The van der Waals surface area contributed by atoms with Crippen molar-refractivity contribution in [2.24, 2.45) is 4.99 Å². The number of benzene rings is 2. The van der Waals surface area contributed by atoms with Gasteiger partial charge in [0.25, 0.3) is 5.91 Å². The molecule has 4 rings (SSSR count). The van der Waals surface area contributed by atoms with Gasteiger partial charge in [0.05, 0.1) is 22.2 Å². The third-order valence-corrected chi connectivity index (χ3v) is 8.85. The Labute approximate surface area is 206 Å². The summed E-state index contributed by atoms with van der Waals surface area (Å²) in [4.78, 5) is 29.5. The summed E-state index contributed by atoms with van der Waals surface area (Å²) in [6.45, 7) is 0.903. The third kappa shape index (κ3) is 5.25. The van der Waals surface area contributed by atoms with E-state index in [1.54, 1.807) is 22.8 Å². The monoisotopic (exact) mass is 521 g/mol. The summed E-state index contributed by atoms with van der Waals surface area (Å²) in [7, 11) is -2.32. The topological polar surface area (TPSA) is 98.0 Å². The molecule has 11 heteroatoms. The van der Waals surface area contributed by atoms with Crippen molar-refractivity contribution >= 4 is 55.1 Å². The Morgan fingerprint density at radius 1 is 1.06 bits per heavy atom. The van der Waals surface area contributed by atoms with Gasteiger partial charge in [-0.05, 0) is 55.3 Å². The molecule has 0 N–H and O–H groups in total. The van der Waals surface area contributed by atoms with E-state index in [1.165, 1.54) is 47.0 Å². The van der Waals surface area contributed by atoms with Crippen molar-refractivity contribution in [3.8, 4) is 0 Å². The van der Waals surface area contributed by atoms with Gasteiger partial charge in [0.1, 0.15) is 6.54 Å². The van der Waals surface area contributed by atoms with Crippen LogP contribution in [0.4, 0.5) is 0 Å². The predicted octanol–water partition coefficient (Wildman–Crippen LogP) is 3.84. The largest absolute Gasteiger partial charge is 0.468 e. The zero-order valence-corrected chi connectivity index (χ0v) is 21.0. The maximum absolute atomic E-state index is 13.0. The Hall–Kier alpha value is -2.53. The molecule has 2 heterocycles. The van der Waals surface area contributed by atoms with Crippen LogP contribution in [0.1, 0.15) is 36.0 Å². The van der Waals surface area contributed by atoms with Crippen molar-refractivity contribution in [3.05, 3.63) is 57.9 Å². The lowest BCUT2D eigenvalue weighted by molar-refractivity contribution is -0.141. The second-order valence-corrected chi connectivity index (χ2v) is 11.3. The molecule has 0 radical (unpaired) electrons. The number of ether oxygens (including phenoxy) is 1. The number of amides is 1. The third-order valence-electron chi connectivity index (χ3n) is 5.66. The molecular formula is C23H24ClN3O5S2. The smallest absolute Gasteiger partial charge is 0.325 e. The van der Waals surface area contributed by atoms with E-state index < -0.39 is 21.9 Å². The van der Waals surface area contributed by atoms with Gasteiger partial charge in [-0.25, -0.2) is 8.42 Å². The fraction of sp³-hybridized carbons (Fsp3) is 0.348. The Morgan fingerprint density at radius 2 is 1.74 bits per heavy atom. The van der Waals surface area contributed by atoms with Gasteiger partial charge in [0.2, 0.25) is 10.0 Å². The first-order chi connectivity index (χ1) is 16.3. The number of hydrogen-bond acceptors (Lipinski definition) is 6. The Kier molecular flexibility index (Phi) is 7.51. The number of carbonyl (C=O) groups is 2. The van der Waals surface area contributed by atoms with Crippen LogP contribution in [0.2, 0.25) is 5.02 Å². The first-order valence-corrected chi connectivity index (χ1v) is 13.5. The molecule has 3 aromatic rings. The van der Waals surface area contributed by atoms with Gasteiger partial charge in [-0.2, -0.15) is 9.30 Å². The zero-order valence-electron chi connectivity index (χ0n) is 18.6. The summed E-state index contributed by atoms with van der Waals surface area (Å²) in [6.07, 6.45) is 3.75. The van der Waals surface area contributed by atoms with Crippen molar-refractivity contribution in [2.75, 3.05) is 20.2 Å². The zero-order chi connectivity index (χ0) is 24.3. The number of rotatable bonds is 5. The Morgan fingerprint density at radius 3 is 2.38 bits per heavy atom. The van der Waals surface area contributed by atoms with E-state index >= 15 is 0 Å². The number of fused-ring (bicyclic) bond motifs is 1. The molecular weight excluding hydrogens is 498 g/mol. The fourth-order valence-electron chi connectivity index (χ4n) is 3.83. The fourth-order valence-corrected chi connectivity index (χ4v) is 6.65. The molecule has 180 valence electrons. The van der Waals surface area contributed by atoms with E-state index in [9.17, 15) is 18.0 Å². The minimum absolute atomic E-state index is 0.114. The SMILES string of the molecule is COC(=O)Cn1c(=NC(=O)c2ccc(S(=O)(=O)N3CCCCCC3)cc2)sc2cc(Cl)ccc21. The molecule has 0 unspecified atom stereocenters. The molecule has 1 amide bonds. The standard InChI is InChI=1S/C23H24ClN3O5S2/c1-32-21(28)15-27-19-11-8-17(24)14-20(19)33-23(27)25-22(29)16-6-9-18(10-7-16)34(30,31)26-12-4-2-3-5-13-26/h6-11,14H,2-5,12-13,15H2,1H3. The van der Waals surface area contributed by atoms with Crippen LogP contribution >= 0.6 is 22.9 Å². The molecule has 0 bridgehead atoms. The number of halogens is 1. The number of thiazole rings is 1. The van der Waals surface area contributed by atoms with E-state index in [0.717, 1.165) is 30.4 Å². The normalized spacial score (nSPS) is 15.9. The molecule has 1 fully saturated rings. The summed E-state index contributed by atoms with van der Waals surface area (Å²) < 4.78 is 34.6. The van der Waals surface area contributed by atoms with Gasteiger partial charge >= 0.3 is 5.97 Å². The molecule has 0 aliphatic carbocycles. The van der Waals surface area contributed by atoms with Crippen molar-refractivity contribution in [1.82, 2.24) is 8.87 Å². The number of carbonyl (C=O) groups excluding carboxylic acids is 2. The molecule has 1 saturated heterocycles. The molecule has 34 heavy (non-hydrogen) atoms. The molecule has 1 aromatic heterocycles. The average molecular weight is 522 g/mol. The molecule has 1 aliphatic rings. The first kappa shape index (κ1) is 24.6. The van der Waals surface area contributed by atoms with Gasteiger partial charge < -0.3 is 9.30 Å². The highest BCUT2D eigenvalue weighted by Crippen LogP contribution is 2.23. The molecule has 0 saturated carbocycles. The van der Waals surface area contributed by atoms with Crippen LogP contribution in [0.5, 0.6) is 0 Å². The van der Waals surface area contributed by atoms with Crippen molar-refractivity contribution in [2.45, 2.75) is 37.1 Å². The van der Waals surface area contributed by atoms with Crippen LogP contribution in [0.15, 0.2) is 52.4 Å². The van der Waals surface area contributed by atoms with Crippen LogP contribution in [-0.4, -0.2) is 49.4 Å². The van der Waals surface area contributed by atoms with E-state index in [0.29, 0.717) is 28.4 Å². The van der Waals surface area contributed by atoms with Gasteiger partial charge in [-0.15, -0.1) is 0 Å². The molecule has 2 aromatic carbocycles. The van der Waals surface area contributed by atoms with Crippen LogP contribution < -0.4 is 4.80 Å². The van der Waals surface area contributed by atoms with E-state index in [1.807, 2.05) is 0 Å². The van der Waals surface area contributed by atoms with Crippen molar-refractivity contribution in [3.63, 3.8) is 0 Å². The molecule has 0 atom stereocenters. The van der Waals surface area contributed by atoms with Crippen LogP contribution in [0.3, 0.4) is 0 Å². The molecule has 0 spiro atoms. The minimum atomic E-state index is -3.61. The van der Waals surface area contributed by atoms with E-state index in [4.69, 9.17) is 16.3 Å². The lowest BCUT2D eigenvalue weighted by atomic mass is 10.2. The Balaban J connectivity index is 1.65. The highest BCUT2D eigenvalue weighted by Gasteiger charge is 2.25. The Bertz CT molecular complexity index is 1390. The lowest BCUT2D eigenvalue weighted by Crippen LogP contribution is -2.31. The number of methoxy groups -OCH3 is 1. The number of esters is 1. The maximum atomic E-state index is 13.0. The minimum Gasteiger partial charge on any atom is -0.468 e. The molecule has 8 nitrogen and oxygen atoms in total.